The van der Waals surface area contributed by atoms with E-state index < -0.39 is 21.5 Å². The van der Waals surface area contributed by atoms with Crippen LogP contribution in [0.2, 0.25) is 0 Å². The van der Waals surface area contributed by atoms with Gasteiger partial charge >= 0.3 is 5.97 Å². The van der Waals surface area contributed by atoms with Gasteiger partial charge in [-0.15, -0.1) is 0 Å². The van der Waals surface area contributed by atoms with Gasteiger partial charge in [-0.2, -0.15) is 0 Å². The number of nitrogens with zero attached hydrogens (tertiary/aromatic N) is 2. The topological polar surface area (TPSA) is 95.0 Å². The maximum atomic E-state index is 12.7. The summed E-state index contributed by atoms with van der Waals surface area (Å²) in [5, 5.41) is 9.44. The number of carboxylic acid groups (broad SMARTS) is 1. The molecule has 1 atom stereocenters. The minimum atomic E-state index is -3.24. The lowest BCUT2D eigenvalue weighted by Crippen LogP contribution is -2.54. The van der Waals surface area contributed by atoms with Crippen LogP contribution in [0.5, 0.6) is 0 Å². The third-order valence-electron chi connectivity index (χ3n) is 5.32. The Morgan fingerprint density at radius 3 is 2.38 bits per heavy atom. The van der Waals surface area contributed by atoms with Gasteiger partial charge in [0.05, 0.1) is 5.75 Å². The van der Waals surface area contributed by atoms with E-state index in [0.29, 0.717) is 51.7 Å². The summed E-state index contributed by atoms with van der Waals surface area (Å²) in [4.78, 5) is 25.8. The summed E-state index contributed by atoms with van der Waals surface area (Å²) in [5.74, 6) is -1.22. The van der Waals surface area contributed by atoms with E-state index in [1.54, 1.807) is 6.92 Å². The Morgan fingerprint density at radius 1 is 1.21 bits per heavy atom. The Labute approximate surface area is 144 Å². The average Bonchev–Trinajstić information content (AvgIpc) is 2.96. The van der Waals surface area contributed by atoms with E-state index in [9.17, 15) is 23.1 Å². The van der Waals surface area contributed by atoms with Gasteiger partial charge in [-0.1, -0.05) is 13.3 Å². The second-order valence-electron chi connectivity index (χ2n) is 7.02. The highest BCUT2D eigenvalue weighted by molar-refractivity contribution is 7.89. The summed E-state index contributed by atoms with van der Waals surface area (Å²) in [6.07, 6.45) is 3.58. The van der Waals surface area contributed by atoms with Gasteiger partial charge in [-0.25, -0.2) is 17.5 Å². The van der Waals surface area contributed by atoms with E-state index in [0.717, 1.165) is 6.42 Å². The fourth-order valence-electron chi connectivity index (χ4n) is 3.60. The molecule has 24 heavy (non-hydrogen) atoms. The molecule has 0 aromatic carbocycles. The first-order chi connectivity index (χ1) is 11.2. The maximum absolute atomic E-state index is 12.7. The fraction of sp³-hybridized carbons (Fsp3) is 0.875. The first kappa shape index (κ1) is 19.2. The van der Waals surface area contributed by atoms with Crippen molar-refractivity contribution in [1.29, 1.82) is 0 Å². The van der Waals surface area contributed by atoms with Crippen LogP contribution in [0.15, 0.2) is 0 Å². The van der Waals surface area contributed by atoms with Crippen LogP contribution in [0.25, 0.3) is 0 Å². The molecule has 7 nitrogen and oxygen atoms in total. The van der Waals surface area contributed by atoms with Crippen molar-refractivity contribution in [2.24, 2.45) is 5.92 Å². The Balaban J connectivity index is 1.97. The van der Waals surface area contributed by atoms with Gasteiger partial charge in [0.2, 0.25) is 15.9 Å². The van der Waals surface area contributed by atoms with E-state index in [1.807, 2.05) is 6.92 Å². The molecule has 2 aliphatic heterocycles. The van der Waals surface area contributed by atoms with Crippen molar-refractivity contribution in [3.8, 4) is 0 Å². The lowest BCUT2D eigenvalue weighted by Gasteiger charge is -2.37. The van der Waals surface area contributed by atoms with E-state index in [2.05, 4.69) is 0 Å². The van der Waals surface area contributed by atoms with E-state index in [-0.39, 0.29) is 17.6 Å². The van der Waals surface area contributed by atoms with Gasteiger partial charge in [0, 0.05) is 25.6 Å². The molecule has 2 aliphatic rings. The van der Waals surface area contributed by atoms with Gasteiger partial charge < -0.3 is 10.0 Å². The molecule has 8 heteroatoms. The molecular formula is C16H28N2O5S. The standard InChI is InChI=1S/C16H28N2O5S/c1-3-4-12-24(22,23)17-10-6-13(7-11-17)14(19)18-9-5-8-16(18,2)15(20)21/h13H,3-12H2,1-2H3,(H,20,21). The molecule has 2 rings (SSSR count). The molecule has 1 unspecified atom stereocenters. The van der Waals surface area contributed by atoms with Crippen LogP contribution >= 0.6 is 0 Å². The van der Waals surface area contributed by atoms with Crippen LogP contribution in [0.3, 0.4) is 0 Å². The third-order valence-corrected chi connectivity index (χ3v) is 7.28. The molecule has 0 saturated carbocycles. The summed E-state index contributed by atoms with van der Waals surface area (Å²) < 4.78 is 25.9. The number of unbranched alkanes of at least 4 members (excludes halogenated alkanes) is 1. The zero-order valence-electron chi connectivity index (χ0n) is 14.5. The van der Waals surface area contributed by atoms with Crippen molar-refractivity contribution in [3.63, 3.8) is 0 Å². The number of amides is 1. The molecule has 1 N–H and O–H groups in total. The number of rotatable bonds is 6. The highest BCUT2D eigenvalue weighted by Gasteiger charge is 2.47. The molecule has 138 valence electrons. The molecule has 0 aliphatic carbocycles. The normalized spacial score (nSPS) is 26.7. The predicted octanol–water partition coefficient (Wildman–Crippen LogP) is 1.29. The summed E-state index contributed by atoms with van der Waals surface area (Å²) >= 11 is 0. The molecule has 0 aromatic heterocycles. The second kappa shape index (κ2) is 7.39. The van der Waals surface area contributed by atoms with Crippen molar-refractivity contribution in [1.82, 2.24) is 9.21 Å². The molecule has 2 fully saturated rings. The van der Waals surface area contributed by atoms with Crippen LogP contribution in [0, 0.1) is 5.92 Å². The summed E-state index contributed by atoms with van der Waals surface area (Å²) in [6.45, 7) is 4.72. The van der Waals surface area contributed by atoms with Crippen LogP contribution < -0.4 is 0 Å². The molecule has 0 aromatic rings. The molecule has 0 bridgehead atoms. The first-order valence-corrected chi connectivity index (χ1v) is 10.4. The molecular weight excluding hydrogens is 332 g/mol. The average molecular weight is 360 g/mol. The third kappa shape index (κ3) is 3.74. The number of carbonyl (C=O) groups excluding carboxylic acids is 1. The van der Waals surface area contributed by atoms with Crippen LogP contribution in [-0.4, -0.2) is 65.5 Å². The van der Waals surface area contributed by atoms with Gasteiger partial charge in [0.15, 0.2) is 0 Å². The number of hydrogen-bond donors (Lipinski definition) is 1. The number of aliphatic carboxylic acids is 1. The number of hydrogen-bond acceptors (Lipinski definition) is 4. The largest absolute Gasteiger partial charge is 0.480 e. The minimum absolute atomic E-state index is 0.136. The van der Waals surface area contributed by atoms with Crippen molar-refractivity contribution in [3.05, 3.63) is 0 Å². The van der Waals surface area contributed by atoms with E-state index >= 15 is 0 Å². The second-order valence-corrected chi connectivity index (χ2v) is 9.10. The molecule has 2 heterocycles. The first-order valence-electron chi connectivity index (χ1n) is 8.75. The fourth-order valence-corrected chi connectivity index (χ4v) is 5.27. The van der Waals surface area contributed by atoms with E-state index in [4.69, 9.17) is 0 Å². The van der Waals surface area contributed by atoms with Gasteiger partial charge in [-0.05, 0) is 39.0 Å². The number of sulfonamides is 1. The zero-order valence-corrected chi connectivity index (χ0v) is 15.3. The molecule has 1 amide bonds. The number of piperidine rings is 1. The quantitative estimate of drug-likeness (QED) is 0.770. The van der Waals surface area contributed by atoms with Crippen LogP contribution in [-0.2, 0) is 19.6 Å². The smallest absolute Gasteiger partial charge is 0.329 e. The van der Waals surface area contributed by atoms with Crippen molar-refractivity contribution in [2.45, 2.75) is 57.9 Å². The summed E-state index contributed by atoms with van der Waals surface area (Å²) in [6, 6.07) is 0. The van der Waals surface area contributed by atoms with Gasteiger partial charge in [-0.3, -0.25) is 4.79 Å². The Bertz CT molecular complexity index is 583. The number of likely N-dealkylation sites (tertiary alicyclic amines) is 1. The Morgan fingerprint density at radius 2 is 1.83 bits per heavy atom. The SMILES string of the molecule is CCCCS(=O)(=O)N1CCC(C(=O)N2CCCC2(C)C(=O)O)CC1. The lowest BCUT2D eigenvalue weighted by atomic mass is 9.93. The molecule has 0 spiro atoms. The van der Waals surface area contributed by atoms with Crippen molar-refractivity contribution >= 4 is 21.9 Å². The highest BCUT2D eigenvalue weighted by atomic mass is 32.2. The van der Waals surface area contributed by atoms with E-state index in [1.165, 1.54) is 9.21 Å². The van der Waals surface area contributed by atoms with Crippen LogP contribution in [0.1, 0.15) is 52.4 Å². The predicted molar refractivity (Wildman–Crippen MR) is 90.0 cm³/mol. The van der Waals surface area contributed by atoms with Gasteiger partial charge in [0.25, 0.3) is 0 Å². The van der Waals surface area contributed by atoms with Gasteiger partial charge in [0.1, 0.15) is 5.54 Å². The van der Waals surface area contributed by atoms with Crippen LogP contribution in [0.4, 0.5) is 0 Å². The Kier molecular flexibility index (Phi) is 5.91. The molecule has 2 saturated heterocycles. The summed E-state index contributed by atoms with van der Waals surface area (Å²) in [5.41, 5.74) is -1.12. The van der Waals surface area contributed by atoms with Crippen molar-refractivity contribution < 1.29 is 23.1 Å². The van der Waals surface area contributed by atoms with Crippen molar-refractivity contribution in [2.75, 3.05) is 25.4 Å². The lowest BCUT2D eigenvalue weighted by molar-refractivity contribution is -0.157. The minimum Gasteiger partial charge on any atom is -0.480 e. The zero-order chi connectivity index (χ0) is 18.0. The number of carbonyl (C=O) groups is 2. The molecule has 0 radical (unpaired) electrons. The summed E-state index contributed by atoms with van der Waals surface area (Å²) in [7, 11) is -3.24. The highest BCUT2D eigenvalue weighted by Crippen LogP contribution is 2.33. The monoisotopic (exact) mass is 360 g/mol. The Hall–Kier alpha value is -1.15. The number of carboxylic acids is 1. The maximum Gasteiger partial charge on any atom is 0.329 e.